The number of thiazole rings is 1. The van der Waals surface area contributed by atoms with E-state index in [9.17, 15) is 0 Å². The highest BCUT2D eigenvalue weighted by Gasteiger charge is 2.11. The van der Waals surface area contributed by atoms with E-state index in [1.807, 2.05) is 24.3 Å². The van der Waals surface area contributed by atoms with E-state index in [0.29, 0.717) is 5.92 Å². The number of aliphatic hydroxyl groups excluding tert-OH is 1. The molecule has 0 saturated carbocycles. The lowest BCUT2D eigenvalue weighted by Gasteiger charge is -2.04. The standard InChI is InChI=1S/C14H17NO2S/c1-10(7-8-16)14-15-13(9-18-14)11-3-5-12(17-2)6-4-11/h3-6,9-10,16H,7-8H2,1-2H3. The molecule has 0 spiro atoms. The van der Waals surface area contributed by atoms with Gasteiger partial charge in [-0.05, 0) is 30.7 Å². The molecule has 0 aliphatic rings. The number of hydrogen-bond donors (Lipinski definition) is 1. The van der Waals surface area contributed by atoms with Crippen molar-refractivity contribution in [1.82, 2.24) is 4.98 Å². The monoisotopic (exact) mass is 263 g/mol. The molecule has 0 bridgehead atoms. The van der Waals surface area contributed by atoms with E-state index in [4.69, 9.17) is 9.84 Å². The maximum Gasteiger partial charge on any atom is 0.118 e. The minimum atomic E-state index is 0.207. The van der Waals surface area contributed by atoms with Crippen LogP contribution in [0.25, 0.3) is 11.3 Å². The number of aromatic nitrogens is 1. The predicted octanol–water partition coefficient (Wildman–Crippen LogP) is 3.30. The Morgan fingerprint density at radius 3 is 2.67 bits per heavy atom. The summed E-state index contributed by atoms with van der Waals surface area (Å²) in [6.07, 6.45) is 0.759. The summed E-state index contributed by atoms with van der Waals surface area (Å²) in [5, 5.41) is 12.1. The van der Waals surface area contributed by atoms with Crippen molar-refractivity contribution in [1.29, 1.82) is 0 Å². The molecule has 2 aromatic rings. The molecule has 96 valence electrons. The van der Waals surface area contributed by atoms with Crippen LogP contribution in [0.4, 0.5) is 0 Å². The van der Waals surface area contributed by atoms with Gasteiger partial charge in [-0.15, -0.1) is 11.3 Å². The van der Waals surface area contributed by atoms with Crippen LogP contribution in [-0.4, -0.2) is 23.8 Å². The zero-order valence-corrected chi connectivity index (χ0v) is 11.4. The Morgan fingerprint density at radius 2 is 2.06 bits per heavy atom. The zero-order chi connectivity index (χ0) is 13.0. The Bertz CT molecular complexity index is 493. The number of methoxy groups -OCH3 is 1. The third-order valence-corrected chi connectivity index (χ3v) is 3.97. The molecule has 18 heavy (non-hydrogen) atoms. The van der Waals surface area contributed by atoms with E-state index < -0.39 is 0 Å². The summed E-state index contributed by atoms with van der Waals surface area (Å²) in [4.78, 5) is 4.62. The molecule has 4 heteroatoms. The second-order valence-corrected chi connectivity index (χ2v) is 5.10. The Kier molecular flexibility index (Phi) is 4.33. The van der Waals surface area contributed by atoms with Gasteiger partial charge < -0.3 is 9.84 Å². The summed E-state index contributed by atoms with van der Waals surface area (Å²) in [6, 6.07) is 7.89. The van der Waals surface area contributed by atoms with Crippen molar-refractivity contribution in [2.24, 2.45) is 0 Å². The van der Waals surface area contributed by atoms with Gasteiger partial charge in [-0.1, -0.05) is 6.92 Å². The molecular formula is C14H17NO2S. The summed E-state index contributed by atoms with van der Waals surface area (Å²) in [7, 11) is 1.66. The summed E-state index contributed by atoms with van der Waals surface area (Å²) in [5.41, 5.74) is 2.08. The van der Waals surface area contributed by atoms with Gasteiger partial charge in [-0.3, -0.25) is 0 Å². The quantitative estimate of drug-likeness (QED) is 0.900. The van der Waals surface area contributed by atoms with Crippen LogP contribution in [0, 0.1) is 0 Å². The first kappa shape index (κ1) is 13.1. The summed E-state index contributed by atoms with van der Waals surface area (Å²) in [6.45, 7) is 2.30. The van der Waals surface area contributed by atoms with Crippen LogP contribution >= 0.6 is 11.3 Å². The molecule has 0 aliphatic carbocycles. The second kappa shape index (κ2) is 5.98. The molecule has 1 unspecified atom stereocenters. The Balaban J connectivity index is 2.18. The van der Waals surface area contributed by atoms with Gasteiger partial charge in [0.2, 0.25) is 0 Å². The van der Waals surface area contributed by atoms with Crippen LogP contribution in [0.1, 0.15) is 24.3 Å². The van der Waals surface area contributed by atoms with Gasteiger partial charge in [0.05, 0.1) is 17.8 Å². The van der Waals surface area contributed by atoms with E-state index in [0.717, 1.165) is 28.4 Å². The van der Waals surface area contributed by atoms with Crippen molar-refractivity contribution in [2.75, 3.05) is 13.7 Å². The number of benzene rings is 1. The molecule has 0 saturated heterocycles. The van der Waals surface area contributed by atoms with Crippen molar-refractivity contribution in [3.8, 4) is 17.0 Å². The van der Waals surface area contributed by atoms with E-state index in [2.05, 4.69) is 17.3 Å². The molecule has 0 aliphatic heterocycles. The predicted molar refractivity (Wildman–Crippen MR) is 74.2 cm³/mol. The molecular weight excluding hydrogens is 246 g/mol. The van der Waals surface area contributed by atoms with Crippen LogP contribution in [0.2, 0.25) is 0 Å². The van der Waals surface area contributed by atoms with Crippen molar-refractivity contribution >= 4 is 11.3 Å². The lowest BCUT2D eigenvalue weighted by atomic mass is 10.1. The summed E-state index contributed by atoms with van der Waals surface area (Å²) < 4.78 is 5.13. The van der Waals surface area contributed by atoms with Gasteiger partial charge in [0.15, 0.2) is 0 Å². The molecule has 2 rings (SSSR count). The Morgan fingerprint density at radius 1 is 1.33 bits per heavy atom. The van der Waals surface area contributed by atoms with Gasteiger partial charge in [0.25, 0.3) is 0 Å². The first-order valence-electron chi connectivity index (χ1n) is 5.95. The van der Waals surface area contributed by atoms with Crippen LogP contribution < -0.4 is 4.74 Å². The van der Waals surface area contributed by atoms with E-state index >= 15 is 0 Å². The number of rotatable bonds is 5. The van der Waals surface area contributed by atoms with Crippen molar-refractivity contribution in [2.45, 2.75) is 19.3 Å². The normalized spacial score (nSPS) is 12.4. The third-order valence-electron chi connectivity index (χ3n) is 2.89. The first-order valence-corrected chi connectivity index (χ1v) is 6.83. The minimum Gasteiger partial charge on any atom is -0.497 e. The minimum absolute atomic E-state index is 0.207. The molecule has 0 radical (unpaired) electrons. The number of aliphatic hydroxyl groups is 1. The fourth-order valence-corrected chi connectivity index (χ4v) is 2.65. The second-order valence-electron chi connectivity index (χ2n) is 4.21. The number of ether oxygens (including phenoxy) is 1. The van der Waals surface area contributed by atoms with Gasteiger partial charge in [0, 0.05) is 23.5 Å². The maximum absolute atomic E-state index is 8.94. The molecule has 1 aromatic carbocycles. The topological polar surface area (TPSA) is 42.4 Å². The van der Waals surface area contributed by atoms with Crippen LogP contribution in [-0.2, 0) is 0 Å². The average molecular weight is 263 g/mol. The van der Waals surface area contributed by atoms with Gasteiger partial charge in [0.1, 0.15) is 5.75 Å². The van der Waals surface area contributed by atoms with Gasteiger partial charge >= 0.3 is 0 Å². The fourth-order valence-electron chi connectivity index (χ4n) is 1.73. The average Bonchev–Trinajstić information content (AvgIpc) is 2.89. The molecule has 1 aromatic heterocycles. The first-order chi connectivity index (χ1) is 8.74. The third kappa shape index (κ3) is 2.89. The van der Waals surface area contributed by atoms with E-state index in [-0.39, 0.29) is 6.61 Å². The molecule has 0 fully saturated rings. The molecule has 1 heterocycles. The Hall–Kier alpha value is -1.39. The largest absolute Gasteiger partial charge is 0.497 e. The zero-order valence-electron chi connectivity index (χ0n) is 10.6. The SMILES string of the molecule is COc1ccc(-c2csc(C(C)CCO)n2)cc1. The van der Waals surface area contributed by atoms with Crippen LogP contribution in [0.3, 0.4) is 0 Å². The maximum atomic E-state index is 8.94. The lowest BCUT2D eigenvalue weighted by molar-refractivity contribution is 0.278. The number of nitrogens with zero attached hydrogens (tertiary/aromatic N) is 1. The molecule has 1 atom stereocenters. The highest BCUT2D eigenvalue weighted by Crippen LogP contribution is 2.28. The van der Waals surface area contributed by atoms with Crippen molar-refractivity contribution in [3.05, 3.63) is 34.7 Å². The van der Waals surface area contributed by atoms with Crippen LogP contribution in [0.15, 0.2) is 29.6 Å². The molecule has 3 nitrogen and oxygen atoms in total. The van der Waals surface area contributed by atoms with Crippen LogP contribution in [0.5, 0.6) is 5.75 Å². The summed E-state index contributed by atoms with van der Waals surface area (Å²) in [5.74, 6) is 1.16. The molecule has 0 amide bonds. The summed E-state index contributed by atoms with van der Waals surface area (Å²) >= 11 is 1.65. The Labute approximate surface area is 111 Å². The van der Waals surface area contributed by atoms with Crippen molar-refractivity contribution in [3.63, 3.8) is 0 Å². The van der Waals surface area contributed by atoms with Gasteiger partial charge in [-0.25, -0.2) is 4.98 Å². The van der Waals surface area contributed by atoms with Gasteiger partial charge in [-0.2, -0.15) is 0 Å². The van der Waals surface area contributed by atoms with Crippen molar-refractivity contribution < 1.29 is 9.84 Å². The fraction of sp³-hybridized carbons (Fsp3) is 0.357. The van der Waals surface area contributed by atoms with E-state index in [1.54, 1.807) is 18.4 Å². The smallest absolute Gasteiger partial charge is 0.118 e. The number of hydrogen-bond acceptors (Lipinski definition) is 4. The lowest BCUT2D eigenvalue weighted by Crippen LogP contribution is -1.95. The highest BCUT2D eigenvalue weighted by molar-refractivity contribution is 7.10. The van der Waals surface area contributed by atoms with E-state index in [1.165, 1.54) is 0 Å². The highest BCUT2D eigenvalue weighted by atomic mass is 32.1. The molecule has 1 N–H and O–H groups in total.